The topological polar surface area (TPSA) is 35.5 Å². The van der Waals surface area contributed by atoms with Crippen molar-refractivity contribution in [2.75, 3.05) is 13.7 Å². The summed E-state index contributed by atoms with van der Waals surface area (Å²) in [6.45, 7) is 0.642. The second-order valence-electron chi connectivity index (χ2n) is 3.80. The smallest absolute Gasteiger partial charge is 0.192 e. The molecule has 0 bridgehead atoms. The molecule has 17 heavy (non-hydrogen) atoms. The molecule has 1 aromatic carbocycles. The van der Waals surface area contributed by atoms with Gasteiger partial charge in [0.2, 0.25) is 0 Å². The number of hydrogen-bond acceptors (Lipinski definition) is 3. The summed E-state index contributed by atoms with van der Waals surface area (Å²) < 4.78 is 23.2. The molecule has 3 nitrogen and oxygen atoms in total. The Morgan fingerprint density at radius 2 is 2.29 bits per heavy atom. The molecule has 0 spiro atoms. The molecular formula is C13H13FO3. The van der Waals surface area contributed by atoms with Crippen LogP contribution in [0.15, 0.2) is 30.0 Å². The average molecular weight is 236 g/mol. The Kier molecular flexibility index (Phi) is 3.42. The van der Waals surface area contributed by atoms with Crippen LogP contribution in [-0.2, 0) is 4.74 Å². The van der Waals surface area contributed by atoms with Crippen molar-refractivity contribution in [1.29, 1.82) is 0 Å². The molecule has 0 amide bonds. The molecule has 0 saturated carbocycles. The molecule has 1 aliphatic heterocycles. The minimum atomic E-state index is -0.474. The third kappa shape index (κ3) is 2.46. The van der Waals surface area contributed by atoms with Crippen LogP contribution < -0.4 is 4.74 Å². The van der Waals surface area contributed by atoms with Gasteiger partial charge in [-0.1, -0.05) is 0 Å². The lowest BCUT2D eigenvalue weighted by Gasteiger charge is -2.13. The van der Waals surface area contributed by atoms with E-state index in [0.717, 1.165) is 6.42 Å². The van der Waals surface area contributed by atoms with Crippen LogP contribution in [0, 0.1) is 5.82 Å². The van der Waals surface area contributed by atoms with E-state index in [1.807, 2.05) is 0 Å². The van der Waals surface area contributed by atoms with Gasteiger partial charge in [-0.3, -0.25) is 4.79 Å². The molecule has 0 radical (unpaired) electrons. The Hall–Kier alpha value is -1.84. The van der Waals surface area contributed by atoms with Crippen molar-refractivity contribution >= 4 is 5.78 Å². The van der Waals surface area contributed by atoms with E-state index in [9.17, 15) is 9.18 Å². The van der Waals surface area contributed by atoms with Crippen molar-refractivity contribution < 1.29 is 18.7 Å². The third-order valence-electron chi connectivity index (χ3n) is 2.64. The van der Waals surface area contributed by atoms with Gasteiger partial charge in [-0.2, -0.15) is 0 Å². The zero-order valence-corrected chi connectivity index (χ0v) is 9.53. The van der Waals surface area contributed by atoms with Gasteiger partial charge in [0.15, 0.2) is 17.3 Å². The molecule has 1 aliphatic rings. The van der Waals surface area contributed by atoms with Gasteiger partial charge in [-0.05, 0) is 31.0 Å². The number of ketones is 1. The number of benzene rings is 1. The van der Waals surface area contributed by atoms with Crippen LogP contribution in [0.5, 0.6) is 5.75 Å². The summed E-state index contributed by atoms with van der Waals surface area (Å²) in [4.78, 5) is 12.1. The molecule has 0 N–H and O–H groups in total. The van der Waals surface area contributed by atoms with E-state index in [-0.39, 0.29) is 11.5 Å². The first kappa shape index (κ1) is 11.6. The number of carbonyl (C=O) groups is 1. The standard InChI is InChI=1S/C13H13FO3/c1-16-12-7-9(4-5-11(12)14)13(15)10-3-2-6-17-8-10/h4-5,7-8H,2-3,6H2,1H3. The summed E-state index contributed by atoms with van der Waals surface area (Å²) in [6, 6.07) is 4.10. The van der Waals surface area contributed by atoms with Crippen LogP contribution in [0.1, 0.15) is 23.2 Å². The fourth-order valence-electron chi connectivity index (χ4n) is 1.72. The van der Waals surface area contributed by atoms with E-state index in [2.05, 4.69) is 0 Å². The van der Waals surface area contributed by atoms with Gasteiger partial charge in [0.1, 0.15) is 0 Å². The minimum absolute atomic E-state index is 0.0770. The lowest BCUT2D eigenvalue weighted by atomic mass is 9.99. The van der Waals surface area contributed by atoms with Crippen molar-refractivity contribution in [2.24, 2.45) is 0 Å². The van der Waals surface area contributed by atoms with Crippen molar-refractivity contribution in [3.63, 3.8) is 0 Å². The second kappa shape index (κ2) is 4.99. The molecule has 0 fully saturated rings. The number of Topliss-reactive ketones (excluding diaryl/α,β-unsaturated/α-hetero) is 1. The molecule has 0 atom stereocenters. The molecule has 2 rings (SSSR count). The maximum absolute atomic E-state index is 13.2. The van der Waals surface area contributed by atoms with Gasteiger partial charge in [-0.25, -0.2) is 4.39 Å². The fraction of sp³-hybridized carbons (Fsp3) is 0.308. The number of methoxy groups -OCH3 is 1. The first-order chi connectivity index (χ1) is 8.22. The summed E-state index contributed by atoms with van der Waals surface area (Å²) in [5, 5.41) is 0. The SMILES string of the molecule is COc1cc(C(=O)C2=COCCC2)ccc1F. The van der Waals surface area contributed by atoms with E-state index < -0.39 is 5.82 Å². The summed E-state index contributed by atoms with van der Waals surface area (Å²) in [6.07, 6.45) is 3.01. The zero-order valence-electron chi connectivity index (χ0n) is 9.53. The summed E-state index contributed by atoms with van der Waals surface area (Å²) in [5.41, 5.74) is 1.03. The van der Waals surface area contributed by atoms with Gasteiger partial charge < -0.3 is 9.47 Å². The largest absolute Gasteiger partial charge is 0.501 e. The van der Waals surface area contributed by atoms with Gasteiger partial charge in [-0.15, -0.1) is 0 Å². The van der Waals surface area contributed by atoms with Gasteiger partial charge in [0, 0.05) is 11.1 Å². The first-order valence-electron chi connectivity index (χ1n) is 5.41. The molecule has 0 aromatic heterocycles. The van der Waals surface area contributed by atoms with Gasteiger partial charge >= 0.3 is 0 Å². The monoisotopic (exact) mass is 236 g/mol. The maximum Gasteiger partial charge on any atom is 0.192 e. The number of rotatable bonds is 3. The van der Waals surface area contributed by atoms with Crippen molar-refractivity contribution in [3.8, 4) is 5.75 Å². The predicted octanol–water partition coefficient (Wildman–Crippen LogP) is 2.71. The van der Waals surface area contributed by atoms with Crippen molar-refractivity contribution in [2.45, 2.75) is 12.8 Å². The lowest BCUT2D eigenvalue weighted by molar-refractivity contribution is 0.101. The molecule has 1 aromatic rings. The first-order valence-corrected chi connectivity index (χ1v) is 5.41. The number of hydrogen-bond donors (Lipinski definition) is 0. The lowest BCUT2D eigenvalue weighted by Crippen LogP contribution is -2.09. The highest BCUT2D eigenvalue weighted by atomic mass is 19.1. The Balaban J connectivity index is 2.27. The minimum Gasteiger partial charge on any atom is -0.501 e. The van der Waals surface area contributed by atoms with E-state index in [0.29, 0.717) is 24.2 Å². The quantitative estimate of drug-likeness (QED) is 0.757. The molecule has 4 heteroatoms. The Labute approximate surface area is 98.8 Å². The molecule has 1 heterocycles. The Bertz CT molecular complexity index is 466. The van der Waals surface area contributed by atoms with E-state index in [1.165, 1.54) is 31.6 Å². The summed E-state index contributed by atoms with van der Waals surface area (Å²) in [7, 11) is 1.37. The predicted molar refractivity (Wildman–Crippen MR) is 60.6 cm³/mol. The highest BCUT2D eigenvalue weighted by molar-refractivity contribution is 6.08. The molecular weight excluding hydrogens is 223 g/mol. The molecule has 0 saturated heterocycles. The molecule has 0 aliphatic carbocycles. The third-order valence-corrected chi connectivity index (χ3v) is 2.64. The van der Waals surface area contributed by atoms with Crippen LogP contribution in [0.4, 0.5) is 4.39 Å². The van der Waals surface area contributed by atoms with E-state index in [4.69, 9.17) is 9.47 Å². The normalized spacial score (nSPS) is 14.8. The second-order valence-corrected chi connectivity index (χ2v) is 3.80. The number of ether oxygens (including phenoxy) is 2. The van der Waals surface area contributed by atoms with Crippen molar-refractivity contribution in [3.05, 3.63) is 41.4 Å². The Morgan fingerprint density at radius 1 is 1.47 bits per heavy atom. The summed E-state index contributed by atoms with van der Waals surface area (Å²) >= 11 is 0. The van der Waals surface area contributed by atoms with Crippen molar-refractivity contribution in [1.82, 2.24) is 0 Å². The highest BCUT2D eigenvalue weighted by Crippen LogP contribution is 2.22. The fourth-order valence-corrected chi connectivity index (χ4v) is 1.72. The zero-order chi connectivity index (χ0) is 12.3. The van der Waals surface area contributed by atoms with Crippen LogP contribution in [0.3, 0.4) is 0 Å². The number of carbonyl (C=O) groups excluding carboxylic acids is 1. The average Bonchev–Trinajstić information content (AvgIpc) is 2.39. The molecule has 90 valence electrons. The van der Waals surface area contributed by atoms with Crippen LogP contribution >= 0.6 is 0 Å². The highest BCUT2D eigenvalue weighted by Gasteiger charge is 2.17. The van der Waals surface area contributed by atoms with Crippen LogP contribution in [0.2, 0.25) is 0 Å². The van der Waals surface area contributed by atoms with Crippen LogP contribution in [0.25, 0.3) is 0 Å². The summed E-state index contributed by atoms with van der Waals surface area (Å²) in [5.74, 6) is -0.533. The molecule has 0 unspecified atom stereocenters. The number of allylic oxidation sites excluding steroid dienone is 1. The van der Waals surface area contributed by atoms with Gasteiger partial charge in [0.25, 0.3) is 0 Å². The van der Waals surface area contributed by atoms with E-state index >= 15 is 0 Å². The van der Waals surface area contributed by atoms with E-state index in [1.54, 1.807) is 0 Å². The maximum atomic E-state index is 13.2. The Morgan fingerprint density at radius 3 is 2.94 bits per heavy atom. The number of halogens is 1. The van der Waals surface area contributed by atoms with Gasteiger partial charge in [0.05, 0.1) is 20.0 Å². The van der Waals surface area contributed by atoms with Crippen LogP contribution in [-0.4, -0.2) is 19.5 Å².